The molecule has 0 aliphatic heterocycles. The molecule has 6 heteroatoms. The Morgan fingerprint density at radius 1 is 1.06 bits per heavy atom. The Morgan fingerprint density at radius 3 is 1.94 bits per heavy atom. The van der Waals surface area contributed by atoms with Crippen LogP contribution in [0.15, 0.2) is 0 Å². The SMILES string of the molecule is COC(C)CC(O)C(CO)(OC)C(O)C(C)OC. The van der Waals surface area contributed by atoms with Crippen LogP contribution in [0.25, 0.3) is 0 Å². The molecule has 0 aromatic heterocycles. The fraction of sp³-hybridized carbons (Fsp3) is 1.00. The normalized spacial score (nSPS) is 22.0. The van der Waals surface area contributed by atoms with Crippen molar-refractivity contribution < 1.29 is 29.5 Å². The number of methoxy groups -OCH3 is 3. The Labute approximate surface area is 108 Å². The van der Waals surface area contributed by atoms with Gasteiger partial charge in [0.25, 0.3) is 0 Å². The molecule has 3 N–H and O–H groups in total. The van der Waals surface area contributed by atoms with Crippen LogP contribution >= 0.6 is 0 Å². The van der Waals surface area contributed by atoms with Crippen molar-refractivity contribution in [3.05, 3.63) is 0 Å². The predicted octanol–water partition coefficient (Wildman–Crippen LogP) is -0.454. The molecule has 0 saturated carbocycles. The number of hydrogen-bond acceptors (Lipinski definition) is 6. The number of aliphatic hydroxyl groups is 3. The van der Waals surface area contributed by atoms with Gasteiger partial charge in [-0.05, 0) is 13.8 Å². The van der Waals surface area contributed by atoms with Crippen molar-refractivity contribution in [2.24, 2.45) is 0 Å². The van der Waals surface area contributed by atoms with Crippen molar-refractivity contribution in [2.75, 3.05) is 27.9 Å². The summed E-state index contributed by atoms with van der Waals surface area (Å²) in [5, 5.41) is 29.9. The summed E-state index contributed by atoms with van der Waals surface area (Å²) in [7, 11) is 4.30. The van der Waals surface area contributed by atoms with Crippen molar-refractivity contribution in [3.63, 3.8) is 0 Å². The van der Waals surface area contributed by atoms with Crippen molar-refractivity contribution in [2.45, 2.75) is 50.3 Å². The molecule has 5 atom stereocenters. The average molecular weight is 266 g/mol. The second kappa shape index (κ2) is 8.04. The lowest BCUT2D eigenvalue weighted by Gasteiger charge is -2.41. The largest absolute Gasteiger partial charge is 0.393 e. The minimum Gasteiger partial charge on any atom is -0.393 e. The lowest BCUT2D eigenvalue weighted by Crippen LogP contribution is -2.60. The first-order valence-electron chi connectivity index (χ1n) is 5.97. The van der Waals surface area contributed by atoms with Crippen LogP contribution in [0.2, 0.25) is 0 Å². The van der Waals surface area contributed by atoms with Crippen LogP contribution in [-0.4, -0.2) is 73.3 Å². The molecule has 6 nitrogen and oxygen atoms in total. The first-order valence-corrected chi connectivity index (χ1v) is 5.97. The summed E-state index contributed by atoms with van der Waals surface area (Å²) in [6.07, 6.45) is -2.79. The maximum Gasteiger partial charge on any atom is 0.145 e. The quantitative estimate of drug-likeness (QED) is 0.524. The second-order valence-electron chi connectivity index (χ2n) is 4.50. The fourth-order valence-electron chi connectivity index (χ4n) is 1.85. The summed E-state index contributed by atoms with van der Waals surface area (Å²) in [5.41, 5.74) is -1.48. The third-order valence-electron chi connectivity index (χ3n) is 3.47. The zero-order chi connectivity index (χ0) is 14.3. The molecular formula is C12H26O6. The highest BCUT2D eigenvalue weighted by Crippen LogP contribution is 2.26. The summed E-state index contributed by atoms with van der Waals surface area (Å²) in [6, 6.07) is 0. The first kappa shape index (κ1) is 17.8. The fourth-order valence-corrected chi connectivity index (χ4v) is 1.85. The van der Waals surface area contributed by atoms with Gasteiger partial charge in [0.2, 0.25) is 0 Å². The third-order valence-corrected chi connectivity index (χ3v) is 3.47. The van der Waals surface area contributed by atoms with E-state index in [0.29, 0.717) is 0 Å². The van der Waals surface area contributed by atoms with E-state index in [1.54, 1.807) is 13.8 Å². The van der Waals surface area contributed by atoms with E-state index in [1.165, 1.54) is 21.3 Å². The molecule has 0 bridgehead atoms. The van der Waals surface area contributed by atoms with Gasteiger partial charge in [-0.15, -0.1) is 0 Å². The number of rotatable bonds is 9. The zero-order valence-corrected chi connectivity index (χ0v) is 11.8. The molecule has 5 unspecified atom stereocenters. The molecule has 0 fully saturated rings. The van der Waals surface area contributed by atoms with Crippen LogP contribution in [-0.2, 0) is 14.2 Å². The molecule has 0 rings (SSSR count). The summed E-state index contributed by atoms with van der Waals surface area (Å²) in [6.45, 7) is 2.91. The minimum atomic E-state index is -1.48. The van der Waals surface area contributed by atoms with Gasteiger partial charge in [0.15, 0.2) is 0 Å². The Morgan fingerprint density at radius 2 is 1.61 bits per heavy atom. The molecule has 0 saturated heterocycles. The van der Waals surface area contributed by atoms with E-state index in [-0.39, 0.29) is 12.5 Å². The van der Waals surface area contributed by atoms with Gasteiger partial charge < -0.3 is 29.5 Å². The van der Waals surface area contributed by atoms with Crippen LogP contribution in [0.5, 0.6) is 0 Å². The van der Waals surface area contributed by atoms with E-state index < -0.39 is 30.5 Å². The number of ether oxygens (including phenoxy) is 3. The van der Waals surface area contributed by atoms with E-state index in [2.05, 4.69) is 0 Å². The topological polar surface area (TPSA) is 88.4 Å². The molecule has 18 heavy (non-hydrogen) atoms. The van der Waals surface area contributed by atoms with Crippen molar-refractivity contribution in [3.8, 4) is 0 Å². The van der Waals surface area contributed by atoms with Crippen molar-refractivity contribution >= 4 is 0 Å². The Balaban J connectivity index is 4.99. The van der Waals surface area contributed by atoms with Gasteiger partial charge in [-0.3, -0.25) is 0 Å². The minimum absolute atomic E-state index is 0.217. The lowest BCUT2D eigenvalue weighted by atomic mass is 9.85. The maximum atomic E-state index is 10.2. The van der Waals surface area contributed by atoms with E-state index in [1.807, 2.05) is 0 Å². The molecule has 0 radical (unpaired) electrons. The molecule has 0 aliphatic rings. The highest BCUT2D eigenvalue weighted by molar-refractivity contribution is 4.97. The molecule has 110 valence electrons. The van der Waals surface area contributed by atoms with Crippen LogP contribution in [0.1, 0.15) is 20.3 Å². The standard InChI is InChI=1S/C12H26O6/c1-8(16-3)6-10(14)12(7-13,18-5)11(15)9(2)17-4/h8-11,13-15H,6-7H2,1-5H3. The second-order valence-corrected chi connectivity index (χ2v) is 4.50. The predicted molar refractivity (Wildman–Crippen MR) is 66.4 cm³/mol. The Bertz CT molecular complexity index is 219. The Kier molecular flexibility index (Phi) is 7.93. The van der Waals surface area contributed by atoms with Gasteiger partial charge in [-0.25, -0.2) is 0 Å². The highest BCUT2D eigenvalue weighted by atomic mass is 16.5. The van der Waals surface area contributed by atoms with Gasteiger partial charge in [0.1, 0.15) is 11.7 Å². The molecular weight excluding hydrogens is 240 g/mol. The van der Waals surface area contributed by atoms with Crippen LogP contribution in [0, 0.1) is 0 Å². The summed E-state index contributed by atoms with van der Waals surface area (Å²) in [5.74, 6) is 0. The highest BCUT2D eigenvalue weighted by Gasteiger charge is 2.47. The molecule has 0 aromatic rings. The Hall–Kier alpha value is -0.240. The summed E-state index contributed by atoms with van der Waals surface area (Å²) >= 11 is 0. The number of hydrogen-bond donors (Lipinski definition) is 3. The zero-order valence-electron chi connectivity index (χ0n) is 11.8. The van der Waals surface area contributed by atoms with E-state index in [0.717, 1.165) is 0 Å². The van der Waals surface area contributed by atoms with E-state index in [4.69, 9.17) is 14.2 Å². The molecule has 0 aromatic carbocycles. The summed E-state index contributed by atoms with van der Waals surface area (Å²) in [4.78, 5) is 0. The summed E-state index contributed by atoms with van der Waals surface area (Å²) < 4.78 is 15.3. The maximum absolute atomic E-state index is 10.2. The van der Waals surface area contributed by atoms with Crippen LogP contribution in [0.4, 0.5) is 0 Å². The van der Waals surface area contributed by atoms with E-state index in [9.17, 15) is 15.3 Å². The van der Waals surface area contributed by atoms with Crippen molar-refractivity contribution in [1.82, 2.24) is 0 Å². The molecule has 0 heterocycles. The van der Waals surface area contributed by atoms with Gasteiger partial charge in [0.05, 0.1) is 24.9 Å². The van der Waals surface area contributed by atoms with E-state index >= 15 is 0 Å². The van der Waals surface area contributed by atoms with Gasteiger partial charge in [0, 0.05) is 27.8 Å². The first-order chi connectivity index (χ1) is 8.39. The van der Waals surface area contributed by atoms with Crippen molar-refractivity contribution in [1.29, 1.82) is 0 Å². The van der Waals surface area contributed by atoms with Crippen LogP contribution in [0.3, 0.4) is 0 Å². The number of aliphatic hydroxyl groups excluding tert-OH is 3. The molecule has 0 amide bonds. The smallest absolute Gasteiger partial charge is 0.145 e. The average Bonchev–Trinajstić information content (AvgIpc) is 2.39. The van der Waals surface area contributed by atoms with Crippen LogP contribution < -0.4 is 0 Å². The molecule has 0 spiro atoms. The lowest BCUT2D eigenvalue weighted by molar-refractivity contribution is -0.215. The monoisotopic (exact) mass is 266 g/mol. The third kappa shape index (κ3) is 3.88. The van der Waals surface area contributed by atoms with Gasteiger partial charge in [-0.2, -0.15) is 0 Å². The molecule has 0 aliphatic carbocycles. The van der Waals surface area contributed by atoms with Gasteiger partial charge >= 0.3 is 0 Å². The van der Waals surface area contributed by atoms with Gasteiger partial charge in [-0.1, -0.05) is 0 Å².